The summed E-state index contributed by atoms with van der Waals surface area (Å²) in [6.07, 6.45) is 1.41. The molecule has 7 heteroatoms. The summed E-state index contributed by atoms with van der Waals surface area (Å²) < 4.78 is 25.2. The summed E-state index contributed by atoms with van der Waals surface area (Å²) in [5, 5.41) is 8.46. The van der Waals surface area contributed by atoms with E-state index in [1.165, 1.54) is 12.3 Å². The number of furan rings is 1. The molecule has 7 nitrogen and oxygen atoms in total. The highest BCUT2D eigenvalue weighted by atomic mass is 16.6. The first kappa shape index (κ1) is 16.6. The van der Waals surface area contributed by atoms with Gasteiger partial charge in [0.2, 0.25) is 5.76 Å². The Labute approximate surface area is 117 Å². The highest BCUT2D eigenvalue weighted by Crippen LogP contribution is 2.01. The van der Waals surface area contributed by atoms with Crippen LogP contribution < -0.4 is 0 Å². The van der Waals surface area contributed by atoms with Crippen molar-refractivity contribution in [3.05, 3.63) is 24.2 Å². The van der Waals surface area contributed by atoms with Gasteiger partial charge in [0.05, 0.1) is 52.5 Å². The third kappa shape index (κ3) is 7.90. The van der Waals surface area contributed by atoms with Crippen LogP contribution in [0.3, 0.4) is 0 Å². The first-order valence-corrected chi connectivity index (χ1v) is 6.39. The molecule has 0 atom stereocenters. The van der Waals surface area contributed by atoms with Crippen LogP contribution in [-0.4, -0.2) is 63.9 Å². The van der Waals surface area contributed by atoms with Crippen molar-refractivity contribution in [3.8, 4) is 0 Å². The fourth-order valence-electron chi connectivity index (χ4n) is 1.27. The highest BCUT2D eigenvalue weighted by molar-refractivity contribution is 5.86. The predicted octanol–water partition coefficient (Wildman–Crippen LogP) is 0.478. The Morgan fingerprint density at radius 3 is 2.15 bits per heavy atom. The first-order chi connectivity index (χ1) is 9.84. The van der Waals surface area contributed by atoms with Crippen molar-refractivity contribution in [1.29, 1.82) is 0 Å². The quantitative estimate of drug-likeness (QED) is 0.442. The number of esters is 1. The molecule has 1 rings (SSSR count). The topological polar surface area (TPSA) is 87.4 Å². The van der Waals surface area contributed by atoms with E-state index in [-0.39, 0.29) is 19.0 Å². The summed E-state index contributed by atoms with van der Waals surface area (Å²) in [6.45, 7) is 2.56. The molecule has 0 radical (unpaired) electrons. The third-order valence-electron chi connectivity index (χ3n) is 2.16. The minimum atomic E-state index is -0.504. The fraction of sp³-hybridized carbons (Fsp3) is 0.615. The molecule has 0 aromatic carbocycles. The second-order valence-electron chi connectivity index (χ2n) is 3.67. The second kappa shape index (κ2) is 11.4. The van der Waals surface area contributed by atoms with E-state index in [1.54, 1.807) is 6.07 Å². The van der Waals surface area contributed by atoms with Crippen LogP contribution in [0.5, 0.6) is 0 Å². The Morgan fingerprint density at radius 2 is 1.60 bits per heavy atom. The van der Waals surface area contributed by atoms with Crippen LogP contribution in [0.1, 0.15) is 10.6 Å². The van der Waals surface area contributed by atoms with Crippen LogP contribution >= 0.6 is 0 Å². The Kier molecular flexibility index (Phi) is 9.50. The van der Waals surface area contributed by atoms with Crippen molar-refractivity contribution < 1.29 is 33.3 Å². The largest absolute Gasteiger partial charge is 0.457 e. The van der Waals surface area contributed by atoms with Gasteiger partial charge < -0.3 is 28.5 Å². The van der Waals surface area contributed by atoms with Crippen molar-refractivity contribution in [2.24, 2.45) is 0 Å². The molecule has 0 bridgehead atoms. The van der Waals surface area contributed by atoms with Crippen LogP contribution in [0.25, 0.3) is 0 Å². The lowest BCUT2D eigenvalue weighted by molar-refractivity contribution is -0.00378. The summed E-state index contributed by atoms with van der Waals surface area (Å²) in [5.41, 5.74) is 0. The van der Waals surface area contributed by atoms with E-state index < -0.39 is 5.97 Å². The SMILES string of the molecule is O=C(OCCOCCOCCOCCO)c1ccco1. The van der Waals surface area contributed by atoms with Crippen molar-refractivity contribution in [3.63, 3.8) is 0 Å². The van der Waals surface area contributed by atoms with Crippen LogP contribution in [0.15, 0.2) is 22.8 Å². The van der Waals surface area contributed by atoms with E-state index in [2.05, 4.69) is 0 Å². The van der Waals surface area contributed by atoms with Gasteiger partial charge in [0, 0.05) is 0 Å². The third-order valence-corrected chi connectivity index (χ3v) is 2.16. The number of rotatable bonds is 12. The van der Waals surface area contributed by atoms with Crippen molar-refractivity contribution in [2.45, 2.75) is 0 Å². The van der Waals surface area contributed by atoms with E-state index in [4.69, 9.17) is 28.5 Å². The summed E-state index contributed by atoms with van der Waals surface area (Å²) in [5.74, 6) is -0.327. The standard InChI is InChI=1S/C13H20O7/c14-3-5-16-6-7-17-8-9-18-10-11-20-13(15)12-2-1-4-19-12/h1-2,4,14H,3,5-11H2. The smallest absolute Gasteiger partial charge is 0.374 e. The first-order valence-electron chi connectivity index (χ1n) is 6.39. The molecular weight excluding hydrogens is 268 g/mol. The Balaban J connectivity index is 1.82. The van der Waals surface area contributed by atoms with Gasteiger partial charge in [0.1, 0.15) is 6.61 Å². The molecule has 0 spiro atoms. The fourth-order valence-corrected chi connectivity index (χ4v) is 1.27. The summed E-state index contributed by atoms with van der Waals surface area (Å²) >= 11 is 0. The lowest BCUT2D eigenvalue weighted by Gasteiger charge is -2.06. The van der Waals surface area contributed by atoms with E-state index in [9.17, 15) is 4.79 Å². The average Bonchev–Trinajstić information content (AvgIpc) is 2.99. The zero-order valence-corrected chi connectivity index (χ0v) is 11.3. The number of hydrogen-bond acceptors (Lipinski definition) is 7. The van der Waals surface area contributed by atoms with Crippen molar-refractivity contribution >= 4 is 5.97 Å². The van der Waals surface area contributed by atoms with Crippen molar-refractivity contribution in [1.82, 2.24) is 0 Å². The van der Waals surface area contributed by atoms with Crippen LogP contribution in [0, 0.1) is 0 Å². The Morgan fingerprint density at radius 1 is 1.00 bits per heavy atom. The predicted molar refractivity (Wildman–Crippen MR) is 68.5 cm³/mol. The zero-order valence-electron chi connectivity index (χ0n) is 11.3. The van der Waals surface area contributed by atoms with Crippen LogP contribution in [0.4, 0.5) is 0 Å². The number of aliphatic hydroxyl groups excluding tert-OH is 1. The lowest BCUT2D eigenvalue weighted by atomic mass is 10.5. The summed E-state index contributed by atoms with van der Waals surface area (Å²) in [4.78, 5) is 11.3. The molecule has 1 N–H and O–H groups in total. The van der Waals surface area contributed by atoms with Gasteiger partial charge in [-0.3, -0.25) is 0 Å². The van der Waals surface area contributed by atoms with E-state index >= 15 is 0 Å². The molecule has 0 saturated carbocycles. The molecule has 0 aliphatic carbocycles. The maximum atomic E-state index is 11.3. The zero-order chi connectivity index (χ0) is 14.5. The van der Waals surface area contributed by atoms with Gasteiger partial charge in [0.25, 0.3) is 0 Å². The number of hydrogen-bond donors (Lipinski definition) is 1. The van der Waals surface area contributed by atoms with E-state index in [1.807, 2.05) is 0 Å². The number of aliphatic hydroxyl groups is 1. The molecule has 1 aromatic heterocycles. The Bertz CT molecular complexity index is 336. The van der Waals surface area contributed by atoms with Gasteiger partial charge in [-0.05, 0) is 12.1 Å². The molecular formula is C13H20O7. The van der Waals surface area contributed by atoms with E-state index in [0.29, 0.717) is 39.6 Å². The van der Waals surface area contributed by atoms with Gasteiger partial charge in [0.15, 0.2) is 0 Å². The average molecular weight is 288 g/mol. The summed E-state index contributed by atoms with van der Waals surface area (Å²) in [6, 6.07) is 3.16. The van der Waals surface area contributed by atoms with E-state index in [0.717, 1.165) is 0 Å². The van der Waals surface area contributed by atoms with Gasteiger partial charge in [-0.1, -0.05) is 0 Å². The molecule has 1 aromatic rings. The summed E-state index contributed by atoms with van der Waals surface area (Å²) in [7, 11) is 0. The highest BCUT2D eigenvalue weighted by Gasteiger charge is 2.08. The number of ether oxygens (including phenoxy) is 4. The van der Waals surface area contributed by atoms with Crippen molar-refractivity contribution in [2.75, 3.05) is 52.9 Å². The van der Waals surface area contributed by atoms with Crippen LogP contribution in [-0.2, 0) is 18.9 Å². The normalized spacial score (nSPS) is 10.7. The van der Waals surface area contributed by atoms with Gasteiger partial charge in [-0.2, -0.15) is 0 Å². The molecule has 0 aliphatic heterocycles. The van der Waals surface area contributed by atoms with Gasteiger partial charge >= 0.3 is 5.97 Å². The molecule has 0 aliphatic rings. The molecule has 0 saturated heterocycles. The lowest BCUT2D eigenvalue weighted by Crippen LogP contribution is -2.14. The monoisotopic (exact) mass is 288 g/mol. The molecule has 20 heavy (non-hydrogen) atoms. The number of carbonyl (C=O) groups is 1. The maximum Gasteiger partial charge on any atom is 0.374 e. The minimum Gasteiger partial charge on any atom is -0.457 e. The molecule has 1 heterocycles. The number of carbonyl (C=O) groups excluding carboxylic acids is 1. The maximum absolute atomic E-state index is 11.3. The second-order valence-corrected chi connectivity index (χ2v) is 3.67. The van der Waals surface area contributed by atoms with Crippen LogP contribution in [0.2, 0.25) is 0 Å². The Hall–Kier alpha value is -1.41. The molecule has 114 valence electrons. The van der Waals surface area contributed by atoms with Gasteiger partial charge in [-0.15, -0.1) is 0 Å². The molecule has 0 fully saturated rings. The minimum absolute atomic E-state index is 0.0137. The molecule has 0 unspecified atom stereocenters. The molecule has 0 amide bonds. The van der Waals surface area contributed by atoms with Gasteiger partial charge in [-0.25, -0.2) is 4.79 Å².